The molecule has 0 heterocycles. The highest BCUT2D eigenvalue weighted by atomic mass is 19.4. The lowest BCUT2D eigenvalue weighted by atomic mass is 10.1. The minimum Gasteiger partial charge on any atom is -0.393 e. The van der Waals surface area contributed by atoms with Crippen molar-refractivity contribution in [3.63, 3.8) is 0 Å². The van der Waals surface area contributed by atoms with Crippen LogP contribution < -0.4 is 0 Å². The van der Waals surface area contributed by atoms with Crippen LogP contribution in [0.4, 0.5) is 13.2 Å². The lowest BCUT2D eigenvalue weighted by Crippen LogP contribution is -2.18. The molecule has 0 amide bonds. The van der Waals surface area contributed by atoms with E-state index >= 15 is 0 Å². The van der Waals surface area contributed by atoms with E-state index in [4.69, 9.17) is 11.5 Å². The first-order valence-electron chi connectivity index (χ1n) is 3.64. The summed E-state index contributed by atoms with van der Waals surface area (Å²) in [7, 11) is 0. The van der Waals surface area contributed by atoms with Crippen molar-refractivity contribution in [3.8, 4) is 12.3 Å². The molecule has 0 bridgehead atoms. The Bertz CT molecular complexity index is 157. The number of hydrogen-bond acceptors (Lipinski definition) is 1. The van der Waals surface area contributed by atoms with Crippen LogP contribution in [0.5, 0.6) is 0 Å². The normalized spacial score (nSPS) is 13.9. The van der Waals surface area contributed by atoms with Gasteiger partial charge in [-0.25, -0.2) is 0 Å². The average molecular weight is 180 g/mol. The Kier molecular flexibility index (Phi) is 4.75. The molecule has 0 aromatic rings. The van der Waals surface area contributed by atoms with E-state index in [2.05, 4.69) is 5.92 Å². The highest BCUT2D eigenvalue weighted by molar-refractivity contribution is 4.83. The Hall–Kier alpha value is -0.690. The SMILES string of the molecule is C#CCCCC(O)CC(F)(F)F. The van der Waals surface area contributed by atoms with Crippen LogP contribution in [0.25, 0.3) is 0 Å². The van der Waals surface area contributed by atoms with Crippen LogP contribution in [0.2, 0.25) is 0 Å². The summed E-state index contributed by atoms with van der Waals surface area (Å²) in [5.41, 5.74) is 0. The monoisotopic (exact) mass is 180 g/mol. The molecule has 1 N–H and O–H groups in total. The Morgan fingerprint density at radius 1 is 1.42 bits per heavy atom. The molecule has 1 atom stereocenters. The minimum absolute atomic E-state index is 0.115. The first-order valence-corrected chi connectivity index (χ1v) is 3.64. The van der Waals surface area contributed by atoms with E-state index in [0.717, 1.165) is 0 Å². The van der Waals surface area contributed by atoms with E-state index in [1.54, 1.807) is 0 Å². The standard InChI is InChI=1S/C8H11F3O/c1-2-3-4-5-7(12)6-8(9,10)11/h1,7,12H,3-6H2. The fourth-order valence-electron chi connectivity index (χ4n) is 0.809. The van der Waals surface area contributed by atoms with Crippen molar-refractivity contribution >= 4 is 0 Å². The van der Waals surface area contributed by atoms with E-state index in [0.29, 0.717) is 12.8 Å². The first kappa shape index (κ1) is 11.3. The quantitative estimate of drug-likeness (QED) is 0.519. The van der Waals surface area contributed by atoms with E-state index in [-0.39, 0.29) is 6.42 Å². The third-order valence-electron chi connectivity index (χ3n) is 1.33. The highest BCUT2D eigenvalue weighted by Gasteiger charge is 2.30. The summed E-state index contributed by atoms with van der Waals surface area (Å²) in [5.74, 6) is 2.29. The van der Waals surface area contributed by atoms with Crippen LogP contribution in [0.3, 0.4) is 0 Å². The van der Waals surface area contributed by atoms with Gasteiger partial charge in [-0.3, -0.25) is 0 Å². The van der Waals surface area contributed by atoms with Crippen molar-refractivity contribution in [2.24, 2.45) is 0 Å². The Morgan fingerprint density at radius 3 is 2.42 bits per heavy atom. The molecule has 0 aliphatic rings. The number of hydrogen-bond donors (Lipinski definition) is 1. The maximum absolute atomic E-state index is 11.6. The van der Waals surface area contributed by atoms with Gasteiger partial charge in [-0.2, -0.15) is 13.2 Å². The molecule has 0 aliphatic heterocycles. The second-order valence-corrected chi connectivity index (χ2v) is 2.57. The van der Waals surface area contributed by atoms with Crippen LogP contribution in [0.15, 0.2) is 0 Å². The molecule has 4 heteroatoms. The summed E-state index contributed by atoms with van der Waals surface area (Å²) in [6, 6.07) is 0. The maximum atomic E-state index is 11.6. The predicted octanol–water partition coefficient (Wildman–Crippen LogP) is 2.10. The molecule has 0 saturated carbocycles. The number of halogens is 3. The summed E-state index contributed by atoms with van der Waals surface area (Å²) in [6.07, 6.45) is -0.878. The fraction of sp³-hybridized carbons (Fsp3) is 0.750. The molecule has 0 radical (unpaired) electrons. The minimum atomic E-state index is -4.28. The molecule has 0 aromatic carbocycles. The van der Waals surface area contributed by atoms with Crippen molar-refractivity contribution in [3.05, 3.63) is 0 Å². The summed E-state index contributed by atoms with van der Waals surface area (Å²) < 4.78 is 34.8. The molecule has 0 aromatic heterocycles. The number of alkyl halides is 3. The van der Waals surface area contributed by atoms with Gasteiger partial charge in [0.2, 0.25) is 0 Å². The largest absolute Gasteiger partial charge is 0.393 e. The number of aliphatic hydroxyl groups excluding tert-OH is 1. The predicted molar refractivity (Wildman–Crippen MR) is 39.4 cm³/mol. The van der Waals surface area contributed by atoms with Gasteiger partial charge in [0.05, 0.1) is 12.5 Å². The van der Waals surface area contributed by atoms with E-state index in [1.165, 1.54) is 0 Å². The molecule has 0 saturated heterocycles. The van der Waals surface area contributed by atoms with Crippen molar-refractivity contribution in [2.75, 3.05) is 0 Å². The van der Waals surface area contributed by atoms with Gasteiger partial charge in [0.25, 0.3) is 0 Å². The third-order valence-corrected chi connectivity index (χ3v) is 1.33. The van der Waals surface area contributed by atoms with Crippen molar-refractivity contribution in [1.82, 2.24) is 0 Å². The first-order chi connectivity index (χ1) is 5.45. The van der Waals surface area contributed by atoms with Crippen LogP contribution in [0.1, 0.15) is 25.7 Å². The molecular weight excluding hydrogens is 169 g/mol. The molecular formula is C8H11F3O. The van der Waals surface area contributed by atoms with Gasteiger partial charge in [0.1, 0.15) is 0 Å². The number of unbranched alkanes of at least 4 members (excludes halogenated alkanes) is 1. The zero-order chi connectivity index (χ0) is 9.61. The second kappa shape index (κ2) is 5.04. The second-order valence-electron chi connectivity index (χ2n) is 2.57. The third kappa shape index (κ3) is 7.42. The Labute approximate surface area is 69.6 Å². The summed E-state index contributed by atoms with van der Waals surface area (Å²) in [5, 5.41) is 8.82. The van der Waals surface area contributed by atoms with Gasteiger partial charge in [-0.05, 0) is 12.8 Å². The van der Waals surface area contributed by atoms with Gasteiger partial charge in [-0.15, -0.1) is 12.3 Å². The molecule has 12 heavy (non-hydrogen) atoms. The highest BCUT2D eigenvalue weighted by Crippen LogP contribution is 2.23. The van der Waals surface area contributed by atoms with Crippen molar-refractivity contribution in [2.45, 2.75) is 38.0 Å². The van der Waals surface area contributed by atoms with E-state index < -0.39 is 18.7 Å². The summed E-state index contributed by atoms with van der Waals surface area (Å²) >= 11 is 0. The smallest absolute Gasteiger partial charge is 0.391 e. The molecule has 0 spiro atoms. The van der Waals surface area contributed by atoms with Crippen LogP contribution in [0, 0.1) is 12.3 Å². The van der Waals surface area contributed by atoms with Gasteiger partial charge < -0.3 is 5.11 Å². The molecule has 0 aliphatic carbocycles. The number of terminal acetylenes is 1. The van der Waals surface area contributed by atoms with Crippen LogP contribution >= 0.6 is 0 Å². The average Bonchev–Trinajstić information content (AvgIpc) is 1.84. The summed E-state index contributed by atoms with van der Waals surface area (Å²) in [4.78, 5) is 0. The number of rotatable bonds is 4. The zero-order valence-electron chi connectivity index (χ0n) is 6.56. The molecule has 1 unspecified atom stereocenters. The Morgan fingerprint density at radius 2 is 2.00 bits per heavy atom. The van der Waals surface area contributed by atoms with Crippen LogP contribution in [-0.2, 0) is 0 Å². The van der Waals surface area contributed by atoms with E-state index in [1.807, 2.05) is 0 Å². The fourth-order valence-corrected chi connectivity index (χ4v) is 0.809. The Balaban J connectivity index is 3.48. The van der Waals surface area contributed by atoms with Crippen LogP contribution in [-0.4, -0.2) is 17.4 Å². The van der Waals surface area contributed by atoms with Gasteiger partial charge in [0, 0.05) is 6.42 Å². The molecule has 0 fully saturated rings. The summed E-state index contributed by atoms with van der Waals surface area (Å²) in [6.45, 7) is 0. The molecule has 0 rings (SSSR count). The molecule has 1 nitrogen and oxygen atoms in total. The number of aliphatic hydroxyl groups is 1. The lowest BCUT2D eigenvalue weighted by molar-refractivity contribution is -0.154. The molecule has 70 valence electrons. The maximum Gasteiger partial charge on any atom is 0.391 e. The van der Waals surface area contributed by atoms with E-state index in [9.17, 15) is 13.2 Å². The lowest BCUT2D eigenvalue weighted by Gasteiger charge is -2.11. The van der Waals surface area contributed by atoms with Crippen molar-refractivity contribution < 1.29 is 18.3 Å². The van der Waals surface area contributed by atoms with Gasteiger partial charge in [-0.1, -0.05) is 0 Å². The van der Waals surface area contributed by atoms with Crippen molar-refractivity contribution in [1.29, 1.82) is 0 Å². The topological polar surface area (TPSA) is 20.2 Å². The zero-order valence-corrected chi connectivity index (χ0v) is 6.56. The van der Waals surface area contributed by atoms with Gasteiger partial charge >= 0.3 is 6.18 Å². The van der Waals surface area contributed by atoms with Gasteiger partial charge in [0.15, 0.2) is 0 Å².